The zero-order chi connectivity index (χ0) is 13.5. The van der Waals surface area contributed by atoms with Gasteiger partial charge in [0, 0.05) is 25.0 Å². The molecule has 0 bridgehead atoms. The molecule has 0 radical (unpaired) electrons. The van der Waals surface area contributed by atoms with Gasteiger partial charge < -0.3 is 10.1 Å². The van der Waals surface area contributed by atoms with E-state index in [4.69, 9.17) is 4.74 Å². The number of aromatic nitrogens is 2. The molecule has 4 heteroatoms. The Morgan fingerprint density at radius 2 is 2.26 bits per heavy atom. The van der Waals surface area contributed by atoms with Crippen molar-refractivity contribution >= 4 is 0 Å². The Morgan fingerprint density at radius 3 is 3.00 bits per heavy atom. The molecule has 108 valence electrons. The SMILES string of the molecule is C[C@H](Cn1cccn1)NCCO[C@@H]1CCCC[C@H]1C. The van der Waals surface area contributed by atoms with Gasteiger partial charge >= 0.3 is 0 Å². The number of hydrogen-bond donors (Lipinski definition) is 1. The highest BCUT2D eigenvalue weighted by molar-refractivity contribution is 4.79. The summed E-state index contributed by atoms with van der Waals surface area (Å²) >= 11 is 0. The van der Waals surface area contributed by atoms with Crippen LogP contribution in [0.5, 0.6) is 0 Å². The van der Waals surface area contributed by atoms with Crippen molar-refractivity contribution < 1.29 is 4.74 Å². The molecule has 0 spiro atoms. The first-order valence-corrected chi connectivity index (χ1v) is 7.58. The lowest BCUT2D eigenvalue weighted by molar-refractivity contribution is -0.00385. The maximum atomic E-state index is 6.00. The Balaban J connectivity index is 1.56. The van der Waals surface area contributed by atoms with Gasteiger partial charge in [-0.3, -0.25) is 4.68 Å². The molecular weight excluding hydrogens is 238 g/mol. The van der Waals surface area contributed by atoms with E-state index in [9.17, 15) is 0 Å². The zero-order valence-corrected chi connectivity index (χ0v) is 12.2. The molecule has 0 aromatic carbocycles. The van der Waals surface area contributed by atoms with Crippen molar-refractivity contribution in [2.24, 2.45) is 5.92 Å². The van der Waals surface area contributed by atoms with Crippen LogP contribution in [0.3, 0.4) is 0 Å². The molecule has 2 rings (SSSR count). The number of nitrogens with one attached hydrogen (secondary N) is 1. The van der Waals surface area contributed by atoms with Gasteiger partial charge in [-0.25, -0.2) is 0 Å². The van der Waals surface area contributed by atoms with Crippen molar-refractivity contribution in [3.63, 3.8) is 0 Å². The van der Waals surface area contributed by atoms with Gasteiger partial charge in [0.1, 0.15) is 0 Å². The monoisotopic (exact) mass is 265 g/mol. The molecule has 4 nitrogen and oxygen atoms in total. The third-order valence-corrected chi connectivity index (χ3v) is 3.98. The Hall–Kier alpha value is -0.870. The van der Waals surface area contributed by atoms with Crippen LogP contribution in [-0.2, 0) is 11.3 Å². The molecule has 0 unspecified atom stereocenters. The van der Waals surface area contributed by atoms with Gasteiger partial charge in [0.05, 0.1) is 19.3 Å². The molecular formula is C15H27N3O. The molecule has 1 aliphatic rings. The van der Waals surface area contributed by atoms with Crippen LogP contribution < -0.4 is 5.32 Å². The highest BCUT2D eigenvalue weighted by atomic mass is 16.5. The molecule has 19 heavy (non-hydrogen) atoms. The maximum absolute atomic E-state index is 6.00. The van der Waals surface area contributed by atoms with Crippen LogP contribution in [-0.4, -0.2) is 35.1 Å². The van der Waals surface area contributed by atoms with Gasteiger partial charge in [0.15, 0.2) is 0 Å². The van der Waals surface area contributed by atoms with Gasteiger partial charge in [0.25, 0.3) is 0 Å². The average molecular weight is 265 g/mol. The van der Waals surface area contributed by atoms with E-state index in [0.29, 0.717) is 12.1 Å². The summed E-state index contributed by atoms with van der Waals surface area (Å²) in [4.78, 5) is 0. The summed E-state index contributed by atoms with van der Waals surface area (Å²) in [5.41, 5.74) is 0. The van der Waals surface area contributed by atoms with E-state index in [1.165, 1.54) is 25.7 Å². The largest absolute Gasteiger partial charge is 0.377 e. The summed E-state index contributed by atoms with van der Waals surface area (Å²) in [7, 11) is 0. The lowest BCUT2D eigenvalue weighted by Crippen LogP contribution is -2.35. The molecule has 0 amide bonds. The van der Waals surface area contributed by atoms with Gasteiger partial charge in [0.2, 0.25) is 0 Å². The lowest BCUT2D eigenvalue weighted by Gasteiger charge is -2.29. The molecule has 0 aliphatic heterocycles. The molecule has 1 fully saturated rings. The van der Waals surface area contributed by atoms with E-state index in [-0.39, 0.29) is 0 Å². The van der Waals surface area contributed by atoms with E-state index < -0.39 is 0 Å². The maximum Gasteiger partial charge on any atom is 0.0601 e. The van der Waals surface area contributed by atoms with Gasteiger partial charge in [-0.1, -0.05) is 19.8 Å². The van der Waals surface area contributed by atoms with Gasteiger partial charge in [-0.05, 0) is 31.7 Å². The first-order chi connectivity index (χ1) is 9.25. The molecule has 1 N–H and O–H groups in total. The van der Waals surface area contributed by atoms with Crippen LogP contribution in [0.15, 0.2) is 18.5 Å². The number of rotatable bonds is 7. The van der Waals surface area contributed by atoms with Crippen LogP contribution >= 0.6 is 0 Å². The van der Waals surface area contributed by atoms with E-state index in [2.05, 4.69) is 24.3 Å². The smallest absolute Gasteiger partial charge is 0.0601 e. The minimum absolute atomic E-state index is 0.423. The fourth-order valence-electron chi connectivity index (χ4n) is 2.80. The number of ether oxygens (including phenoxy) is 1. The first kappa shape index (κ1) is 14.5. The fourth-order valence-corrected chi connectivity index (χ4v) is 2.80. The normalized spacial score (nSPS) is 25.4. The Bertz CT molecular complexity index is 339. The minimum atomic E-state index is 0.423. The molecule has 3 atom stereocenters. The second kappa shape index (κ2) is 7.65. The summed E-state index contributed by atoms with van der Waals surface area (Å²) in [6.07, 6.45) is 9.58. The van der Waals surface area contributed by atoms with E-state index >= 15 is 0 Å². The minimum Gasteiger partial charge on any atom is -0.377 e. The van der Waals surface area contributed by atoms with E-state index in [1.807, 2.05) is 23.1 Å². The fraction of sp³-hybridized carbons (Fsp3) is 0.800. The van der Waals surface area contributed by atoms with Gasteiger partial charge in [-0.2, -0.15) is 5.10 Å². The Labute approximate surface area is 116 Å². The molecule has 1 aliphatic carbocycles. The van der Waals surface area contributed by atoms with Crippen molar-refractivity contribution in [3.05, 3.63) is 18.5 Å². The van der Waals surface area contributed by atoms with Crippen molar-refractivity contribution in [2.75, 3.05) is 13.2 Å². The van der Waals surface area contributed by atoms with E-state index in [1.54, 1.807) is 0 Å². The summed E-state index contributed by atoms with van der Waals surface area (Å²) in [6.45, 7) is 7.15. The predicted octanol–water partition coefficient (Wildman–Crippen LogP) is 2.46. The second-order valence-corrected chi connectivity index (χ2v) is 5.75. The van der Waals surface area contributed by atoms with Crippen LogP contribution in [0.4, 0.5) is 0 Å². The van der Waals surface area contributed by atoms with Crippen LogP contribution in [0.2, 0.25) is 0 Å². The summed E-state index contributed by atoms with van der Waals surface area (Å²) in [5, 5.41) is 7.70. The molecule has 0 saturated heterocycles. The standard InChI is InChI=1S/C15H27N3O/c1-13-6-3-4-7-15(13)19-11-9-16-14(2)12-18-10-5-8-17-18/h5,8,10,13-16H,3-4,6-7,9,11-12H2,1-2H3/t13-,14-,15-/m1/s1. The second-order valence-electron chi connectivity index (χ2n) is 5.75. The van der Waals surface area contributed by atoms with Crippen molar-refractivity contribution in [1.29, 1.82) is 0 Å². The van der Waals surface area contributed by atoms with Gasteiger partial charge in [-0.15, -0.1) is 0 Å². The van der Waals surface area contributed by atoms with Crippen LogP contribution in [0, 0.1) is 5.92 Å². The average Bonchev–Trinajstić information content (AvgIpc) is 2.89. The highest BCUT2D eigenvalue weighted by Crippen LogP contribution is 2.25. The van der Waals surface area contributed by atoms with Crippen molar-refractivity contribution in [2.45, 2.75) is 58.2 Å². The summed E-state index contributed by atoms with van der Waals surface area (Å²) in [5.74, 6) is 0.732. The van der Waals surface area contributed by atoms with Crippen molar-refractivity contribution in [1.82, 2.24) is 15.1 Å². The Morgan fingerprint density at radius 1 is 1.42 bits per heavy atom. The quantitative estimate of drug-likeness (QED) is 0.770. The number of nitrogens with zero attached hydrogens (tertiary/aromatic N) is 2. The molecule has 1 heterocycles. The predicted molar refractivity (Wildman–Crippen MR) is 77.1 cm³/mol. The van der Waals surface area contributed by atoms with E-state index in [0.717, 1.165) is 25.6 Å². The summed E-state index contributed by atoms with van der Waals surface area (Å²) in [6, 6.07) is 2.38. The number of hydrogen-bond acceptors (Lipinski definition) is 3. The van der Waals surface area contributed by atoms with Crippen LogP contribution in [0.25, 0.3) is 0 Å². The first-order valence-electron chi connectivity index (χ1n) is 7.58. The Kier molecular flexibility index (Phi) is 5.86. The lowest BCUT2D eigenvalue weighted by atomic mass is 9.88. The third kappa shape index (κ3) is 4.96. The van der Waals surface area contributed by atoms with Crippen LogP contribution in [0.1, 0.15) is 39.5 Å². The highest BCUT2D eigenvalue weighted by Gasteiger charge is 2.21. The summed E-state index contributed by atoms with van der Waals surface area (Å²) < 4.78 is 7.96. The van der Waals surface area contributed by atoms with Crippen molar-refractivity contribution in [3.8, 4) is 0 Å². The molecule has 1 aromatic rings. The third-order valence-electron chi connectivity index (χ3n) is 3.98. The topological polar surface area (TPSA) is 39.1 Å². The molecule has 1 saturated carbocycles. The molecule has 1 aromatic heterocycles. The zero-order valence-electron chi connectivity index (χ0n) is 12.2.